The van der Waals surface area contributed by atoms with E-state index in [0.717, 1.165) is 45.3 Å². The predicted molar refractivity (Wildman–Crippen MR) is 144 cm³/mol. The van der Waals surface area contributed by atoms with E-state index in [1.165, 1.54) is 7.11 Å². The molecule has 3 amide bonds. The van der Waals surface area contributed by atoms with Crippen LogP contribution in [0.15, 0.2) is 24.3 Å². The molecule has 0 radical (unpaired) electrons. The summed E-state index contributed by atoms with van der Waals surface area (Å²) < 4.78 is 17.5. The van der Waals surface area contributed by atoms with Crippen LogP contribution in [0.25, 0.3) is 0 Å². The van der Waals surface area contributed by atoms with Gasteiger partial charge >= 0.3 is 0 Å². The van der Waals surface area contributed by atoms with Crippen molar-refractivity contribution in [2.45, 2.75) is 62.4 Å². The normalized spacial score (nSPS) is 29.3. The molecule has 11 nitrogen and oxygen atoms in total. The summed E-state index contributed by atoms with van der Waals surface area (Å²) in [5, 5.41) is 9.49. The van der Waals surface area contributed by atoms with Gasteiger partial charge in [-0.3, -0.25) is 19.3 Å². The molecule has 3 saturated heterocycles. The van der Waals surface area contributed by atoms with Crippen molar-refractivity contribution in [3.05, 3.63) is 29.8 Å². The van der Waals surface area contributed by atoms with Crippen LogP contribution in [0, 0.1) is 0 Å². The van der Waals surface area contributed by atoms with Crippen LogP contribution in [0.5, 0.6) is 5.75 Å². The van der Waals surface area contributed by atoms with Gasteiger partial charge in [-0.2, -0.15) is 0 Å². The molecule has 1 aromatic carbocycles. The van der Waals surface area contributed by atoms with Crippen molar-refractivity contribution in [3.63, 3.8) is 0 Å². The van der Waals surface area contributed by atoms with Gasteiger partial charge in [0.05, 0.1) is 30.4 Å². The van der Waals surface area contributed by atoms with E-state index in [0.29, 0.717) is 43.5 Å². The van der Waals surface area contributed by atoms with Crippen LogP contribution in [0.2, 0.25) is 0 Å². The molecule has 0 aliphatic carbocycles. The number of benzene rings is 1. The summed E-state index contributed by atoms with van der Waals surface area (Å²) in [7, 11) is 1.48. The first-order valence-electron chi connectivity index (χ1n) is 14.2. The summed E-state index contributed by atoms with van der Waals surface area (Å²) in [6.07, 6.45) is 3.72. The molecule has 5 rings (SSSR count). The Morgan fingerprint density at radius 1 is 1.10 bits per heavy atom. The average molecular weight is 544 g/mol. The fraction of sp³-hybridized carbons (Fsp3) is 0.679. The molecule has 4 heterocycles. The van der Waals surface area contributed by atoms with Crippen molar-refractivity contribution < 1.29 is 28.6 Å². The maximum Gasteiger partial charge on any atom is 0.258 e. The molecule has 214 valence electrons. The minimum absolute atomic E-state index is 0.0298. The number of carbonyl (C=O) groups excluding carboxylic acids is 3. The summed E-state index contributed by atoms with van der Waals surface area (Å²) in [5.74, 6) is -0.0764. The highest BCUT2D eigenvalue weighted by molar-refractivity contribution is 6.00. The third kappa shape index (κ3) is 6.71. The topological polar surface area (TPSA) is 121 Å². The molecule has 39 heavy (non-hydrogen) atoms. The number of piperidine rings is 1. The quantitative estimate of drug-likeness (QED) is 0.491. The summed E-state index contributed by atoms with van der Waals surface area (Å²) >= 11 is 0. The monoisotopic (exact) mass is 543 g/mol. The highest BCUT2D eigenvalue weighted by Gasteiger charge is 2.40. The zero-order valence-electron chi connectivity index (χ0n) is 22.7. The van der Waals surface area contributed by atoms with Crippen molar-refractivity contribution in [2.75, 3.05) is 59.6 Å². The Labute approximate surface area is 229 Å². The van der Waals surface area contributed by atoms with E-state index in [2.05, 4.69) is 20.9 Å². The van der Waals surface area contributed by atoms with Gasteiger partial charge in [0.1, 0.15) is 18.4 Å². The number of hydrogen-bond donors (Lipinski definition) is 3. The number of rotatable bonds is 4. The van der Waals surface area contributed by atoms with E-state index in [-0.39, 0.29) is 43.0 Å². The van der Waals surface area contributed by atoms with E-state index in [1.807, 2.05) is 18.2 Å². The number of methoxy groups -OCH3 is 1. The van der Waals surface area contributed by atoms with Crippen molar-refractivity contribution in [2.24, 2.45) is 0 Å². The standard InChI is InChI=1S/C28H41N5O6/c1-37-18-26(34)31-22-7-6-20-10-15-38-24-5-3-2-4-21(24)28(36)33-14-13-32(19-8-11-29-12-9-19)17-23(33)27(35)30-16-25(22)39-20/h2-5,19-20,22-23,25,29H,6-18H2,1H3,(H,30,35)(H,31,34)/t20-,22+,23-,25+/m0/s1. The lowest BCUT2D eigenvalue weighted by molar-refractivity contribution is -0.132. The van der Waals surface area contributed by atoms with Gasteiger partial charge in [-0.05, 0) is 50.9 Å². The van der Waals surface area contributed by atoms with Crippen LogP contribution in [0.3, 0.4) is 0 Å². The van der Waals surface area contributed by atoms with Gasteiger partial charge in [0.2, 0.25) is 11.8 Å². The number of nitrogens with zero attached hydrogens (tertiary/aromatic N) is 2. The summed E-state index contributed by atoms with van der Waals surface area (Å²) in [5.41, 5.74) is 0.478. The van der Waals surface area contributed by atoms with Gasteiger partial charge in [0, 0.05) is 45.8 Å². The number of para-hydroxylation sites is 1. The second kappa shape index (κ2) is 13.1. The van der Waals surface area contributed by atoms with Crippen LogP contribution >= 0.6 is 0 Å². The Morgan fingerprint density at radius 2 is 1.92 bits per heavy atom. The average Bonchev–Trinajstić information content (AvgIpc) is 2.96. The Bertz CT molecular complexity index is 1020. The number of piperazine rings is 1. The van der Waals surface area contributed by atoms with Crippen LogP contribution in [-0.4, -0.2) is 117 Å². The molecular weight excluding hydrogens is 502 g/mol. The number of nitrogens with one attached hydrogen (secondary N) is 3. The smallest absolute Gasteiger partial charge is 0.258 e. The largest absolute Gasteiger partial charge is 0.493 e. The highest BCUT2D eigenvalue weighted by atomic mass is 16.5. The van der Waals surface area contributed by atoms with Crippen LogP contribution in [-0.2, 0) is 19.1 Å². The zero-order chi connectivity index (χ0) is 27.2. The molecule has 0 spiro atoms. The Kier molecular flexibility index (Phi) is 9.33. The van der Waals surface area contributed by atoms with Gasteiger partial charge < -0.3 is 35.1 Å². The summed E-state index contributed by atoms with van der Waals surface area (Å²) in [4.78, 5) is 43.9. The zero-order valence-corrected chi connectivity index (χ0v) is 22.7. The van der Waals surface area contributed by atoms with Gasteiger partial charge in [0.15, 0.2) is 0 Å². The maximum absolute atomic E-state index is 13.9. The number of fused-ring (bicyclic) bond motifs is 4. The Balaban J connectivity index is 1.39. The van der Waals surface area contributed by atoms with Gasteiger partial charge in [0.25, 0.3) is 5.91 Å². The summed E-state index contributed by atoms with van der Waals surface area (Å²) in [6.45, 7) is 4.21. The second-order valence-corrected chi connectivity index (χ2v) is 10.8. The first-order valence-corrected chi connectivity index (χ1v) is 14.2. The lowest BCUT2D eigenvalue weighted by atomic mass is 9.96. The molecule has 0 unspecified atom stereocenters. The molecule has 4 aliphatic rings. The van der Waals surface area contributed by atoms with Crippen molar-refractivity contribution in [3.8, 4) is 5.75 Å². The van der Waals surface area contributed by atoms with E-state index in [9.17, 15) is 14.4 Å². The number of ether oxygens (including phenoxy) is 3. The molecule has 0 saturated carbocycles. The van der Waals surface area contributed by atoms with E-state index < -0.39 is 12.1 Å². The lowest BCUT2D eigenvalue weighted by Crippen LogP contribution is -2.64. The predicted octanol–water partition coefficient (Wildman–Crippen LogP) is 0.143. The molecule has 0 aromatic heterocycles. The van der Waals surface area contributed by atoms with Crippen LogP contribution < -0.4 is 20.7 Å². The van der Waals surface area contributed by atoms with Gasteiger partial charge in [-0.1, -0.05) is 12.1 Å². The fourth-order valence-electron chi connectivity index (χ4n) is 6.23. The van der Waals surface area contributed by atoms with Gasteiger partial charge in [-0.25, -0.2) is 0 Å². The maximum atomic E-state index is 13.9. The summed E-state index contributed by atoms with van der Waals surface area (Å²) in [6, 6.07) is 6.78. The first kappa shape index (κ1) is 27.8. The van der Waals surface area contributed by atoms with Crippen molar-refractivity contribution in [1.29, 1.82) is 0 Å². The third-order valence-corrected chi connectivity index (χ3v) is 8.33. The Morgan fingerprint density at radius 3 is 2.74 bits per heavy atom. The van der Waals surface area contributed by atoms with E-state index in [1.54, 1.807) is 11.0 Å². The molecule has 3 N–H and O–H groups in total. The Hall–Kier alpha value is -2.73. The van der Waals surface area contributed by atoms with E-state index in [4.69, 9.17) is 14.2 Å². The molecule has 1 aromatic rings. The molecule has 3 fully saturated rings. The second-order valence-electron chi connectivity index (χ2n) is 10.8. The minimum Gasteiger partial charge on any atom is -0.493 e. The van der Waals surface area contributed by atoms with Gasteiger partial charge in [-0.15, -0.1) is 0 Å². The van der Waals surface area contributed by atoms with Crippen molar-refractivity contribution >= 4 is 17.7 Å². The minimum atomic E-state index is -0.641. The lowest BCUT2D eigenvalue weighted by Gasteiger charge is -2.45. The fourth-order valence-corrected chi connectivity index (χ4v) is 6.23. The molecule has 2 bridgehead atoms. The molecule has 11 heteroatoms. The van der Waals surface area contributed by atoms with Crippen LogP contribution in [0.1, 0.15) is 42.5 Å². The molecule has 4 aliphatic heterocycles. The first-order chi connectivity index (χ1) is 19.0. The van der Waals surface area contributed by atoms with E-state index >= 15 is 0 Å². The molecule has 4 atom stereocenters. The third-order valence-electron chi connectivity index (χ3n) is 8.33. The number of carbonyl (C=O) groups is 3. The SMILES string of the molecule is COCC(=O)N[C@@H]1CC[C@H]2CCOc3ccccc3C(=O)N3CCN(C4CCNCC4)C[C@H]3C(=O)NC[C@H]1O2. The highest BCUT2D eigenvalue weighted by Crippen LogP contribution is 2.27. The van der Waals surface area contributed by atoms with Crippen molar-refractivity contribution in [1.82, 2.24) is 25.8 Å². The number of hydrogen-bond acceptors (Lipinski definition) is 8. The molecular formula is C28H41N5O6. The number of amides is 3. The van der Waals surface area contributed by atoms with Crippen LogP contribution in [0.4, 0.5) is 0 Å².